The fourth-order valence-electron chi connectivity index (χ4n) is 1.86. The van der Waals surface area contributed by atoms with E-state index in [9.17, 15) is 4.39 Å². The topological polar surface area (TPSA) is 52.0 Å². The highest BCUT2D eigenvalue weighted by Gasteiger charge is 2.32. The lowest BCUT2D eigenvalue weighted by Gasteiger charge is -2.24. The summed E-state index contributed by atoms with van der Waals surface area (Å²) in [6, 6.07) is 0. The Morgan fingerprint density at radius 3 is 2.36 bits per heavy atom. The zero-order chi connectivity index (χ0) is 10.6. The molecule has 14 heavy (non-hydrogen) atoms. The number of rotatable bonds is 3. The van der Waals surface area contributed by atoms with E-state index in [1.807, 2.05) is 0 Å². The summed E-state index contributed by atoms with van der Waals surface area (Å²) in [6.45, 7) is 3.35. The summed E-state index contributed by atoms with van der Waals surface area (Å²) in [5.74, 6) is -0.390. The van der Waals surface area contributed by atoms with Gasteiger partial charge in [0.2, 0.25) is 0 Å². The van der Waals surface area contributed by atoms with Gasteiger partial charge in [-0.2, -0.15) is 0 Å². The molecule has 2 nitrogen and oxygen atoms in total. The first-order valence-corrected chi connectivity index (χ1v) is 4.83. The van der Waals surface area contributed by atoms with Crippen LogP contribution < -0.4 is 11.5 Å². The van der Waals surface area contributed by atoms with Crippen LogP contribution in [0.2, 0.25) is 0 Å². The molecule has 1 aliphatic rings. The molecule has 3 heteroatoms. The Morgan fingerprint density at radius 2 is 1.93 bits per heavy atom. The van der Waals surface area contributed by atoms with Gasteiger partial charge in [-0.25, -0.2) is 4.39 Å². The lowest BCUT2D eigenvalue weighted by molar-refractivity contribution is 0.522. The van der Waals surface area contributed by atoms with Crippen LogP contribution in [0.4, 0.5) is 4.39 Å². The molecule has 1 saturated carbocycles. The summed E-state index contributed by atoms with van der Waals surface area (Å²) in [5, 5.41) is 0. The Hall–Kier alpha value is -1.09. The monoisotopic (exact) mass is 196 g/mol. The molecule has 0 atom stereocenters. The highest BCUT2D eigenvalue weighted by molar-refractivity contribution is 5.34. The molecule has 0 heterocycles. The van der Waals surface area contributed by atoms with Crippen LogP contribution in [-0.4, -0.2) is 5.54 Å². The van der Waals surface area contributed by atoms with Gasteiger partial charge in [0.25, 0.3) is 0 Å². The minimum absolute atomic E-state index is 0.390. The molecule has 0 bridgehead atoms. The van der Waals surface area contributed by atoms with Crippen LogP contribution in [0.1, 0.15) is 25.7 Å². The molecular formula is C11H17FN2. The van der Waals surface area contributed by atoms with E-state index in [2.05, 4.69) is 6.58 Å². The van der Waals surface area contributed by atoms with Crippen molar-refractivity contribution in [1.29, 1.82) is 0 Å². The lowest BCUT2D eigenvalue weighted by Crippen LogP contribution is -2.38. The van der Waals surface area contributed by atoms with Gasteiger partial charge in [0.1, 0.15) is 5.83 Å². The first kappa shape index (κ1) is 11.0. The van der Waals surface area contributed by atoms with Crippen molar-refractivity contribution >= 4 is 0 Å². The minimum atomic E-state index is -0.435. The van der Waals surface area contributed by atoms with E-state index in [1.165, 1.54) is 12.3 Å². The van der Waals surface area contributed by atoms with Crippen molar-refractivity contribution in [3.05, 3.63) is 36.3 Å². The van der Waals surface area contributed by atoms with Gasteiger partial charge in [-0.15, -0.1) is 0 Å². The maximum Gasteiger partial charge on any atom is 0.123 e. The zero-order valence-electron chi connectivity index (χ0n) is 8.30. The van der Waals surface area contributed by atoms with Crippen LogP contribution in [0, 0.1) is 0 Å². The maximum atomic E-state index is 13.0. The molecule has 1 fully saturated rings. The maximum absolute atomic E-state index is 13.0. The highest BCUT2D eigenvalue weighted by atomic mass is 19.1. The third kappa shape index (κ3) is 2.23. The quantitative estimate of drug-likeness (QED) is 0.679. The molecule has 0 unspecified atom stereocenters. The second-order valence-corrected chi connectivity index (χ2v) is 3.72. The summed E-state index contributed by atoms with van der Waals surface area (Å²) in [5.41, 5.74) is 11.8. The lowest BCUT2D eigenvalue weighted by atomic mass is 9.89. The molecule has 0 amide bonds. The van der Waals surface area contributed by atoms with Crippen molar-refractivity contribution in [1.82, 2.24) is 0 Å². The molecule has 0 saturated heterocycles. The van der Waals surface area contributed by atoms with Crippen LogP contribution in [0.15, 0.2) is 36.3 Å². The normalized spacial score (nSPS) is 22.4. The van der Waals surface area contributed by atoms with Gasteiger partial charge in [0.05, 0.1) is 0 Å². The van der Waals surface area contributed by atoms with E-state index in [0.29, 0.717) is 5.57 Å². The average molecular weight is 196 g/mol. The van der Waals surface area contributed by atoms with Crippen LogP contribution in [0.3, 0.4) is 0 Å². The van der Waals surface area contributed by atoms with Crippen molar-refractivity contribution < 1.29 is 4.39 Å². The molecule has 0 radical (unpaired) electrons. The predicted molar refractivity (Wildman–Crippen MR) is 57.0 cm³/mol. The first-order chi connectivity index (χ1) is 6.62. The third-order valence-electron chi connectivity index (χ3n) is 2.74. The molecule has 0 aromatic heterocycles. The predicted octanol–water partition coefficient (Wildman–Crippen LogP) is 2.14. The molecule has 78 valence electrons. The standard InChI is InChI=1S/C11H17FN2/c1-2-10(12)7-9(8-13)11(14)5-3-4-6-11/h2,7-8H,1,3-6,13-14H2/b9-8+,10-7+. The SMILES string of the molecule is C=C/C(F)=C\C(=C/N)C1(N)CCCC1. The summed E-state index contributed by atoms with van der Waals surface area (Å²) >= 11 is 0. The number of allylic oxidation sites excluding steroid dienone is 2. The van der Waals surface area contributed by atoms with Gasteiger partial charge < -0.3 is 11.5 Å². The van der Waals surface area contributed by atoms with Crippen LogP contribution in [0.25, 0.3) is 0 Å². The van der Waals surface area contributed by atoms with Gasteiger partial charge in [-0.3, -0.25) is 0 Å². The van der Waals surface area contributed by atoms with Gasteiger partial charge in [-0.05, 0) is 36.8 Å². The number of halogens is 1. The molecule has 0 aromatic carbocycles. The zero-order valence-corrected chi connectivity index (χ0v) is 8.30. The summed E-state index contributed by atoms with van der Waals surface area (Å²) in [7, 11) is 0. The molecule has 1 rings (SSSR count). The Labute approximate surface area is 84.2 Å². The molecule has 0 aromatic rings. The fraction of sp³-hybridized carbons (Fsp3) is 0.455. The smallest absolute Gasteiger partial charge is 0.123 e. The summed E-state index contributed by atoms with van der Waals surface area (Å²) in [6.07, 6.45) is 7.83. The summed E-state index contributed by atoms with van der Waals surface area (Å²) in [4.78, 5) is 0. The fourth-order valence-corrected chi connectivity index (χ4v) is 1.86. The van der Waals surface area contributed by atoms with Crippen LogP contribution in [0.5, 0.6) is 0 Å². The van der Waals surface area contributed by atoms with E-state index in [1.54, 1.807) is 0 Å². The van der Waals surface area contributed by atoms with E-state index < -0.39 is 11.4 Å². The Balaban J connectivity index is 2.87. The Kier molecular flexibility index (Phi) is 3.47. The van der Waals surface area contributed by atoms with Crippen molar-refractivity contribution in [2.24, 2.45) is 11.5 Å². The average Bonchev–Trinajstić information content (AvgIpc) is 2.62. The van der Waals surface area contributed by atoms with Crippen molar-refractivity contribution in [2.75, 3.05) is 0 Å². The van der Waals surface area contributed by atoms with Gasteiger partial charge in [0.15, 0.2) is 0 Å². The molecule has 4 N–H and O–H groups in total. The Morgan fingerprint density at radius 1 is 1.36 bits per heavy atom. The van der Waals surface area contributed by atoms with Crippen LogP contribution >= 0.6 is 0 Å². The molecule has 0 aliphatic heterocycles. The molecular weight excluding hydrogens is 179 g/mol. The van der Waals surface area contributed by atoms with E-state index in [4.69, 9.17) is 11.5 Å². The van der Waals surface area contributed by atoms with Crippen LogP contribution in [-0.2, 0) is 0 Å². The minimum Gasteiger partial charge on any atom is -0.404 e. The van der Waals surface area contributed by atoms with E-state index in [-0.39, 0.29) is 0 Å². The van der Waals surface area contributed by atoms with Gasteiger partial charge in [-0.1, -0.05) is 19.4 Å². The molecule has 1 aliphatic carbocycles. The largest absolute Gasteiger partial charge is 0.404 e. The second kappa shape index (κ2) is 4.42. The van der Waals surface area contributed by atoms with Crippen molar-refractivity contribution in [3.8, 4) is 0 Å². The molecule has 0 spiro atoms. The second-order valence-electron chi connectivity index (χ2n) is 3.72. The summed E-state index contributed by atoms with van der Waals surface area (Å²) < 4.78 is 13.0. The third-order valence-corrected chi connectivity index (χ3v) is 2.74. The van der Waals surface area contributed by atoms with E-state index in [0.717, 1.165) is 31.8 Å². The number of hydrogen-bond donors (Lipinski definition) is 2. The van der Waals surface area contributed by atoms with Gasteiger partial charge in [0, 0.05) is 5.54 Å². The highest BCUT2D eigenvalue weighted by Crippen LogP contribution is 2.34. The van der Waals surface area contributed by atoms with Crippen molar-refractivity contribution in [2.45, 2.75) is 31.2 Å². The first-order valence-electron chi connectivity index (χ1n) is 4.83. The van der Waals surface area contributed by atoms with Crippen molar-refractivity contribution in [3.63, 3.8) is 0 Å². The van der Waals surface area contributed by atoms with E-state index >= 15 is 0 Å². The number of hydrogen-bond acceptors (Lipinski definition) is 2. The van der Waals surface area contributed by atoms with Gasteiger partial charge >= 0.3 is 0 Å². The number of nitrogens with two attached hydrogens (primary N) is 2. The Bertz CT molecular complexity index is 273.